The number of rotatable bonds is 5. The highest BCUT2D eigenvalue weighted by atomic mass is 16.6. The number of carbonyl (C=O) groups excluding carboxylic acids is 1. The van der Waals surface area contributed by atoms with Gasteiger partial charge in [0.2, 0.25) is 0 Å². The second kappa shape index (κ2) is 7.81. The molecule has 0 bridgehead atoms. The van der Waals surface area contributed by atoms with Crippen LogP contribution in [0.3, 0.4) is 0 Å². The van der Waals surface area contributed by atoms with Crippen LogP contribution in [-0.2, 0) is 9.47 Å². The Bertz CT molecular complexity index is 296. The largest absolute Gasteiger partial charge is 0.450 e. The van der Waals surface area contributed by atoms with E-state index >= 15 is 0 Å². The van der Waals surface area contributed by atoms with Crippen molar-refractivity contribution in [2.45, 2.75) is 39.4 Å². The molecule has 1 aliphatic rings. The molecule has 0 aromatic heterocycles. The van der Waals surface area contributed by atoms with Gasteiger partial charge in [-0.05, 0) is 27.7 Å². The lowest BCUT2D eigenvalue weighted by Gasteiger charge is -2.35. The lowest BCUT2D eigenvalue weighted by Crippen LogP contribution is -2.51. The first-order chi connectivity index (χ1) is 9.31. The molecule has 1 amide bonds. The number of nitrogens with zero attached hydrogens (tertiary/aromatic N) is 2. The Labute approximate surface area is 121 Å². The van der Waals surface area contributed by atoms with Crippen molar-refractivity contribution in [1.82, 2.24) is 9.80 Å². The standard InChI is InChI=1S/C14H28N2O4/c1-5-19-13(18)16-8-6-15(7-9-16)10-12(17)11-20-14(2,3)4/h12,17H,5-11H2,1-4H3. The predicted octanol–water partition coefficient (Wildman–Crippen LogP) is 0.936. The molecule has 20 heavy (non-hydrogen) atoms. The van der Waals surface area contributed by atoms with Crippen molar-refractivity contribution in [2.24, 2.45) is 0 Å². The quantitative estimate of drug-likeness (QED) is 0.815. The summed E-state index contributed by atoms with van der Waals surface area (Å²) in [5.41, 5.74) is -0.233. The maximum atomic E-state index is 11.6. The van der Waals surface area contributed by atoms with Crippen LogP contribution in [0.15, 0.2) is 0 Å². The Hall–Kier alpha value is -0.850. The molecular formula is C14H28N2O4. The normalized spacial score (nSPS) is 18.9. The minimum atomic E-state index is -0.497. The third kappa shape index (κ3) is 6.54. The highest BCUT2D eigenvalue weighted by Crippen LogP contribution is 2.09. The smallest absolute Gasteiger partial charge is 0.409 e. The Morgan fingerprint density at radius 1 is 1.25 bits per heavy atom. The number of aliphatic hydroxyl groups is 1. The number of aliphatic hydroxyl groups excluding tert-OH is 1. The summed E-state index contributed by atoms with van der Waals surface area (Å²) in [6, 6.07) is 0. The van der Waals surface area contributed by atoms with Gasteiger partial charge in [-0.1, -0.05) is 0 Å². The molecule has 1 unspecified atom stereocenters. The molecule has 1 atom stereocenters. The maximum absolute atomic E-state index is 11.6. The molecule has 0 aliphatic carbocycles. The average Bonchev–Trinajstić information content (AvgIpc) is 2.37. The van der Waals surface area contributed by atoms with E-state index in [4.69, 9.17) is 9.47 Å². The summed E-state index contributed by atoms with van der Waals surface area (Å²) in [5, 5.41) is 9.95. The van der Waals surface area contributed by atoms with E-state index in [1.54, 1.807) is 11.8 Å². The average molecular weight is 288 g/mol. The minimum Gasteiger partial charge on any atom is -0.450 e. The fourth-order valence-corrected chi connectivity index (χ4v) is 2.02. The van der Waals surface area contributed by atoms with E-state index < -0.39 is 6.10 Å². The summed E-state index contributed by atoms with van der Waals surface area (Å²) in [7, 11) is 0. The van der Waals surface area contributed by atoms with Gasteiger partial charge in [-0.25, -0.2) is 4.79 Å². The second-order valence-corrected chi connectivity index (χ2v) is 6.06. The topological polar surface area (TPSA) is 62.2 Å². The van der Waals surface area contributed by atoms with Crippen LogP contribution in [0.2, 0.25) is 0 Å². The Morgan fingerprint density at radius 2 is 1.85 bits per heavy atom. The van der Waals surface area contributed by atoms with E-state index in [1.165, 1.54) is 0 Å². The monoisotopic (exact) mass is 288 g/mol. The molecule has 0 aromatic carbocycles. The van der Waals surface area contributed by atoms with Crippen LogP contribution in [0.5, 0.6) is 0 Å². The zero-order valence-corrected chi connectivity index (χ0v) is 13.1. The number of hydrogen-bond acceptors (Lipinski definition) is 5. The third-order valence-corrected chi connectivity index (χ3v) is 3.08. The van der Waals surface area contributed by atoms with E-state index in [0.29, 0.717) is 32.8 Å². The fraction of sp³-hybridized carbons (Fsp3) is 0.929. The molecule has 1 rings (SSSR count). The highest BCUT2D eigenvalue weighted by Gasteiger charge is 2.23. The molecule has 0 aromatic rings. The Balaban J connectivity index is 2.23. The summed E-state index contributed by atoms with van der Waals surface area (Å²) in [4.78, 5) is 15.4. The van der Waals surface area contributed by atoms with Crippen LogP contribution in [0.25, 0.3) is 0 Å². The fourth-order valence-electron chi connectivity index (χ4n) is 2.02. The number of β-amino-alcohol motifs (C(OH)–C–C–N with tert-alkyl or cyclic N) is 1. The van der Waals surface area contributed by atoms with Crippen LogP contribution in [0.1, 0.15) is 27.7 Å². The van der Waals surface area contributed by atoms with Gasteiger partial charge in [0.1, 0.15) is 0 Å². The molecule has 0 saturated carbocycles. The van der Waals surface area contributed by atoms with Crippen molar-refractivity contribution in [2.75, 3.05) is 45.9 Å². The minimum absolute atomic E-state index is 0.233. The zero-order valence-electron chi connectivity index (χ0n) is 13.1. The summed E-state index contributed by atoms with van der Waals surface area (Å²) in [5.74, 6) is 0. The molecule has 1 N–H and O–H groups in total. The zero-order chi connectivity index (χ0) is 15.2. The van der Waals surface area contributed by atoms with Crippen LogP contribution in [-0.4, -0.2) is 78.6 Å². The third-order valence-electron chi connectivity index (χ3n) is 3.08. The second-order valence-electron chi connectivity index (χ2n) is 6.06. The summed E-state index contributed by atoms with van der Waals surface area (Å²) in [6.07, 6.45) is -0.743. The molecule has 0 spiro atoms. The summed E-state index contributed by atoms with van der Waals surface area (Å²) >= 11 is 0. The number of ether oxygens (including phenoxy) is 2. The van der Waals surface area contributed by atoms with Gasteiger partial charge in [-0.15, -0.1) is 0 Å². The molecule has 1 saturated heterocycles. The number of piperazine rings is 1. The Morgan fingerprint density at radius 3 is 2.35 bits per heavy atom. The lowest BCUT2D eigenvalue weighted by atomic mass is 10.2. The first-order valence-corrected chi connectivity index (χ1v) is 7.28. The predicted molar refractivity (Wildman–Crippen MR) is 76.7 cm³/mol. The van der Waals surface area contributed by atoms with E-state index in [2.05, 4.69) is 4.90 Å². The van der Waals surface area contributed by atoms with E-state index in [0.717, 1.165) is 13.1 Å². The molecular weight excluding hydrogens is 260 g/mol. The van der Waals surface area contributed by atoms with Crippen molar-refractivity contribution in [3.05, 3.63) is 0 Å². The van der Waals surface area contributed by atoms with Crippen LogP contribution in [0.4, 0.5) is 4.79 Å². The Kier molecular flexibility index (Phi) is 6.71. The van der Waals surface area contributed by atoms with Crippen molar-refractivity contribution in [3.63, 3.8) is 0 Å². The van der Waals surface area contributed by atoms with Crippen LogP contribution in [0, 0.1) is 0 Å². The SMILES string of the molecule is CCOC(=O)N1CCN(CC(O)COC(C)(C)C)CC1. The molecule has 0 radical (unpaired) electrons. The van der Waals surface area contributed by atoms with E-state index in [1.807, 2.05) is 20.8 Å². The van der Waals surface area contributed by atoms with Gasteiger partial charge in [0.05, 0.1) is 24.9 Å². The number of hydrogen-bond donors (Lipinski definition) is 1. The van der Waals surface area contributed by atoms with Crippen molar-refractivity contribution >= 4 is 6.09 Å². The molecule has 6 heteroatoms. The number of carbonyl (C=O) groups is 1. The van der Waals surface area contributed by atoms with Crippen LogP contribution >= 0.6 is 0 Å². The van der Waals surface area contributed by atoms with E-state index in [-0.39, 0.29) is 11.7 Å². The highest BCUT2D eigenvalue weighted by molar-refractivity contribution is 5.67. The van der Waals surface area contributed by atoms with Gasteiger partial charge in [-0.3, -0.25) is 4.90 Å². The number of amides is 1. The van der Waals surface area contributed by atoms with Gasteiger partial charge < -0.3 is 19.5 Å². The first-order valence-electron chi connectivity index (χ1n) is 7.28. The molecule has 1 heterocycles. The van der Waals surface area contributed by atoms with Gasteiger partial charge in [-0.2, -0.15) is 0 Å². The maximum Gasteiger partial charge on any atom is 0.409 e. The lowest BCUT2D eigenvalue weighted by molar-refractivity contribution is -0.0583. The molecule has 1 aliphatic heterocycles. The van der Waals surface area contributed by atoms with Gasteiger partial charge in [0, 0.05) is 32.7 Å². The molecule has 118 valence electrons. The van der Waals surface area contributed by atoms with Crippen molar-refractivity contribution in [3.8, 4) is 0 Å². The van der Waals surface area contributed by atoms with Crippen molar-refractivity contribution < 1.29 is 19.4 Å². The van der Waals surface area contributed by atoms with Crippen LogP contribution < -0.4 is 0 Å². The van der Waals surface area contributed by atoms with E-state index in [9.17, 15) is 9.90 Å². The summed E-state index contributed by atoms with van der Waals surface area (Å²) in [6.45, 7) is 11.8. The van der Waals surface area contributed by atoms with Gasteiger partial charge in [0.15, 0.2) is 0 Å². The first kappa shape index (κ1) is 17.2. The van der Waals surface area contributed by atoms with Gasteiger partial charge >= 0.3 is 6.09 Å². The molecule has 6 nitrogen and oxygen atoms in total. The van der Waals surface area contributed by atoms with Gasteiger partial charge in [0.25, 0.3) is 0 Å². The van der Waals surface area contributed by atoms with Crippen molar-refractivity contribution in [1.29, 1.82) is 0 Å². The molecule has 1 fully saturated rings. The summed E-state index contributed by atoms with van der Waals surface area (Å²) < 4.78 is 10.5.